The van der Waals surface area contributed by atoms with Gasteiger partial charge in [-0.2, -0.15) is 0 Å². The number of rotatable bonds is 4. The van der Waals surface area contributed by atoms with Gasteiger partial charge in [-0.15, -0.1) is 0 Å². The molecule has 0 saturated carbocycles. The molecule has 2 N–H and O–H groups in total. The summed E-state index contributed by atoms with van der Waals surface area (Å²) in [5.41, 5.74) is 9.80. The highest BCUT2D eigenvalue weighted by Gasteiger charge is 2.11. The molecule has 2 aromatic carbocycles. The lowest BCUT2D eigenvalue weighted by molar-refractivity contribution is 0.408. The van der Waals surface area contributed by atoms with Crippen LogP contribution in [0.3, 0.4) is 0 Å². The van der Waals surface area contributed by atoms with Crippen molar-refractivity contribution in [3.8, 4) is 5.75 Å². The second kappa shape index (κ2) is 6.22. The van der Waals surface area contributed by atoms with E-state index in [-0.39, 0.29) is 6.04 Å². The van der Waals surface area contributed by atoms with Crippen LogP contribution in [0.1, 0.15) is 22.7 Å². The number of benzene rings is 2. The molecule has 1 unspecified atom stereocenters. The number of halogens is 1. The molecule has 0 aliphatic heterocycles. The van der Waals surface area contributed by atoms with Crippen LogP contribution in [-0.4, -0.2) is 7.11 Å². The van der Waals surface area contributed by atoms with Crippen molar-refractivity contribution < 1.29 is 4.74 Å². The Bertz CT molecular complexity index is 568. The Labute approximate surface area is 122 Å². The van der Waals surface area contributed by atoms with Gasteiger partial charge in [0.2, 0.25) is 0 Å². The summed E-state index contributed by atoms with van der Waals surface area (Å²) in [4.78, 5) is 0. The number of ether oxygens (including phenoxy) is 1. The Morgan fingerprint density at radius 2 is 2.00 bits per heavy atom. The van der Waals surface area contributed by atoms with Gasteiger partial charge in [0, 0.05) is 10.5 Å². The van der Waals surface area contributed by atoms with Crippen LogP contribution in [0.25, 0.3) is 0 Å². The van der Waals surface area contributed by atoms with Crippen molar-refractivity contribution in [1.29, 1.82) is 0 Å². The molecule has 0 amide bonds. The highest BCUT2D eigenvalue weighted by molar-refractivity contribution is 9.10. The number of methoxy groups -OCH3 is 1. The molecule has 3 heteroatoms. The maximum Gasteiger partial charge on any atom is 0.122 e. The average molecular weight is 320 g/mol. The highest BCUT2D eigenvalue weighted by atomic mass is 79.9. The topological polar surface area (TPSA) is 35.2 Å². The summed E-state index contributed by atoms with van der Waals surface area (Å²) in [6.07, 6.45) is 0.756. The van der Waals surface area contributed by atoms with Crippen molar-refractivity contribution in [2.45, 2.75) is 19.4 Å². The van der Waals surface area contributed by atoms with E-state index in [2.05, 4.69) is 47.1 Å². The summed E-state index contributed by atoms with van der Waals surface area (Å²) in [5, 5.41) is 0. The van der Waals surface area contributed by atoms with Gasteiger partial charge in [0.25, 0.3) is 0 Å². The fraction of sp³-hybridized carbons (Fsp3) is 0.250. The lowest BCUT2D eigenvalue weighted by atomic mass is 9.98. The predicted molar refractivity (Wildman–Crippen MR) is 82.5 cm³/mol. The first-order valence-electron chi connectivity index (χ1n) is 6.24. The van der Waals surface area contributed by atoms with Crippen molar-refractivity contribution in [1.82, 2.24) is 0 Å². The van der Waals surface area contributed by atoms with E-state index in [9.17, 15) is 0 Å². The molecule has 0 aliphatic rings. The van der Waals surface area contributed by atoms with Gasteiger partial charge in [0.05, 0.1) is 7.11 Å². The fourth-order valence-corrected chi connectivity index (χ4v) is 2.57. The second-order valence-electron chi connectivity index (χ2n) is 4.68. The zero-order valence-electron chi connectivity index (χ0n) is 11.2. The smallest absolute Gasteiger partial charge is 0.122 e. The molecule has 19 heavy (non-hydrogen) atoms. The molecule has 0 aromatic heterocycles. The van der Waals surface area contributed by atoms with Gasteiger partial charge in [0.15, 0.2) is 0 Å². The van der Waals surface area contributed by atoms with Crippen molar-refractivity contribution in [3.63, 3.8) is 0 Å². The largest absolute Gasteiger partial charge is 0.496 e. The zero-order valence-corrected chi connectivity index (χ0v) is 12.8. The third-order valence-electron chi connectivity index (χ3n) is 3.15. The van der Waals surface area contributed by atoms with Crippen LogP contribution in [0.15, 0.2) is 46.9 Å². The Morgan fingerprint density at radius 3 is 2.68 bits per heavy atom. The summed E-state index contributed by atoms with van der Waals surface area (Å²) >= 11 is 3.49. The van der Waals surface area contributed by atoms with E-state index in [0.717, 1.165) is 27.8 Å². The molecule has 2 rings (SSSR count). The minimum absolute atomic E-state index is 0.0249. The number of hydrogen-bond acceptors (Lipinski definition) is 2. The van der Waals surface area contributed by atoms with Crippen molar-refractivity contribution in [3.05, 3.63) is 63.6 Å². The molecule has 0 heterocycles. The number of nitrogens with two attached hydrogens (primary N) is 1. The monoisotopic (exact) mass is 319 g/mol. The normalized spacial score (nSPS) is 12.2. The summed E-state index contributed by atoms with van der Waals surface area (Å²) in [6, 6.07) is 14.3. The maximum atomic E-state index is 6.30. The second-order valence-corrected chi connectivity index (χ2v) is 5.60. The summed E-state index contributed by atoms with van der Waals surface area (Å²) < 4.78 is 6.43. The van der Waals surface area contributed by atoms with Crippen LogP contribution in [0.5, 0.6) is 5.75 Å². The molecule has 0 aliphatic carbocycles. The molecule has 0 radical (unpaired) electrons. The lowest BCUT2D eigenvalue weighted by Crippen LogP contribution is -2.14. The Balaban J connectivity index is 2.23. The fourth-order valence-electron chi connectivity index (χ4n) is 2.16. The third kappa shape index (κ3) is 3.58. The van der Waals surface area contributed by atoms with E-state index < -0.39 is 0 Å². The lowest BCUT2D eigenvalue weighted by Gasteiger charge is -2.15. The first-order chi connectivity index (χ1) is 9.10. The zero-order chi connectivity index (χ0) is 13.8. The molecular formula is C16H18BrNO. The molecule has 2 aromatic rings. The molecule has 0 fully saturated rings. The quantitative estimate of drug-likeness (QED) is 0.924. The number of hydrogen-bond donors (Lipinski definition) is 1. The van der Waals surface area contributed by atoms with E-state index in [0.29, 0.717) is 0 Å². The SMILES string of the molecule is COc1ccc(Br)cc1CC(N)c1cccc(C)c1. The molecule has 2 nitrogen and oxygen atoms in total. The minimum atomic E-state index is -0.0249. The molecular weight excluding hydrogens is 302 g/mol. The van der Waals surface area contributed by atoms with Gasteiger partial charge in [-0.3, -0.25) is 0 Å². The van der Waals surface area contributed by atoms with Crippen LogP contribution in [0.2, 0.25) is 0 Å². The third-order valence-corrected chi connectivity index (χ3v) is 3.65. The summed E-state index contributed by atoms with van der Waals surface area (Å²) in [6.45, 7) is 2.08. The minimum Gasteiger partial charge on any atom is -0.496 e. The van der Waals surface area contributed by atoms with Gasteiger partial charge in [-0.1, -0.05) is 45.8 Å². The van der Waals surface area contributed by atoms with Crippen LogP contribution in [0.4, 0.5) is 0 Å². The standard InChI is InChI=1S/C16H18BrNO/c1-11-4-3-5-12(8-11)15(18)10-13-9-14(17)6-7-16(13)19-2/h3-9,15H,10,18H2,1-2H3. The van der Waals surface area contributed by atoms with Crippen LogP contribution in [0, 0.1) is 6.92 Å². The van der Waals surface area contributed by atoms with E-state index >= 15 is 0 Å². The van der Waals surface area contributed by atoms with Crippen LogP contribution in [-0.2, 0) is 6.42 Å². The number of aryl methyl sites for hydroxylation is 1. The Hall–Kier alpha value is -1.32. The average Bonchev–Trinajstić information content (AvgIpc) is 2.39. The predicted octanol–water partition coefficient (Wildman–Crippen LogP) is 4.01. The van der Waals surface area contributed by atoms with Crippen molar-refractivity contribution >= 4 is 15.9 Å². The van der Waals surface area contributed by atoms with Crippen LogP contribution >= 0.6 is 15.9 Å². The Morgan fingerprint density at radius 1 is 1.21 bits per heavy atom. The first kappa shape index (κ1) is 14.1. The van der Waals surface area contributed by atoms with Crippen molar-refractivity contribution in [2.24, 2.45) is 5.73 Å². The van der Waals surface area contributed by atoms with Gasteiger partial charge in [-0.05, 0) is 42.7 Å². The first-order valence-corrected chi connectivity index (χ1v) is 7.04. The van der Waals surface area contributed by atoms with Gasteiger partial charge >= 0.3 is 0 Å². The van der Waals surface area contributed by atoms with Gasteiger partial charge in [0.1, 0.15) is 5.75 Å². The molecule has 1 atom stereocenters. The molecule has 0 bridgehead atoms. The molecule has 0 saturated heterocycles. The Kier molecular flexibility index (Phi) is 4.61. The van der Waals surface area contributed by atoms with E-state index in [1.807, 2.05) is 18.2 Å². The van der Waals surface area contributed by atoms with E-state index in [4.69, 9.17) is 10.5 Å². The van der Waals surface area contributed by atoms with Crippen LogP contribution < -0.4 is 10.5 Å². The summed E-state index contributed by atoms with van der Waals surface area (Å²) in [7, 11) is 1.69. The van der Waals surface area contributed by atoms with Gasteiger partial charge < -0.3 is 10.5 Å². The maximum absolute atomic E-state index is 6.30. The van der Waals surface area contributed by atoms with Gasteiger partial charge in [-0.25, -0.2) is 0 Å². The highest BCUT2D eigenvalue weighted by Crippen LogP contribution is 2.27. The van der Waals surface area contributed by atoms with Crippen molar-refractivity contribution in [2.75, 3.05) is 7.11 Å². The molecule has 100 valence electrons. The molecule has 0 spiro atoms. The van der Waals surface area contributed by atoms with E-state index in [1.165, 1.54) is 5.56 Å². The summed E-state index contributed by atoms with van der Waals surface area (Å²) in [5.74, 6) is 0.881. The van der Waals surface area contributed by atoms with E-state index in [1.54, 1.807) is 7.11 Å².